The van der Waals surface area contributed by atoms with Crippen LogP contribution in [0.1, 0.15) is 66.5 Å². The molecule has 0 radical (unpaired) electrons. The minimum absolute atomic E-state index is 0.170. The maximum absolute atomic E-state index is 6.67. The molecule has 0 saturated carbocycles. The number of hydrogen-bond acceptors (Lipinski definition) is 2. The maximum atomic E-state index is 6.67. The minimum atomic E-state index is -1.90. The lowest BCUT2D eigenvalue weighted by Gasteiger charge is -2.39. The number of hydrogen-bond donors (Lipinski definition) is 0. The van der Waals surface area contributed by atoms with Gasteiger partial charge in [0.2, 0.25) is 8.32 Å². The molecule has 0 aliphatic carbocycles. The fraction of sp³-hybridized carbons (Fsp3) is 0.700. The molecule has 0 aliphatic rings. The zero-order valence-corrected chi connectivity index (χ0v) is 21.8. The highest BCUT2D eigenvalue weighted by Crippen LogP contribution is 2.41. The summed E-state index contributed by atoms with van der Waals surface area (Å²) in [5, 5.41) is 1.28. The van der Waals surface area contributed by atoms with Gasteiger partial charge in [0.05, 0.1) is 5.60 Å². The lowest BCUT2D eigenvalue weighted by atomic mass is 9.96. The molecule has 0 saturated heterocycles. The Morgan fingerprint density at radius 1 is 1.00 bits per heavy atom. The quantitative estimate of drug-likeness (QED) is 0.367. The van der Waals surface area contributed by atoms with E-state index in [-0.39, 0.29) is 15.7 Å². The molecule has 0 bridgehead atoms. The molecule has 1 aromatic carbocycles. The summed E-state index contributed by atoms with van der Waals surface area (Å²) in [6, 6.07) is 6.53. The summed E-state index contributed by atoms with van der Waals surface area (Å²) in [4.78, 5) is 0. The molecule has 2 nitrogen and oxygen atoms in total. The van der Waals surface area contributed by atoms with Gasteiger partial charge in [-0.05, 0) is 54.7 Å². The molecule has 1 aromatic rings. The van der Waals surface area contributed by atoms with E-state index in [4.69, 9.17) is 8.85 Å². The van der Waals surface area contributed by atoms with Crippen molar-refractivity contribution < 1.29 is 8.85 Å². The first-order valence-corrected chi connectivity index (χ1v) is 14.4. The van der Waals surface area contributed by atoms with E-state index in [1.54, 1.807) is 0 Å². The van der Waals surface area contributed by atoms with Crippen LogP contribution in [-0.4, -0.2) is 18.1 Å². The first-order chi connectivity index (χ1) is 11.1. The van der Waals surface area contributed by atoms with Crippen LogP contribution in [0.4, 0.5) is 0 Å². The average Bonchev–Trinajstić information content (AvgIpc) is 2.43. The van der Waals surface area contributed by atoms with Crippen LogP contribution in [0.15, 0.2) is 18.2 Å². The Morgan fingerprint density at radius 3 is 2.00 bits per heavy atom. The van der Waals surface area contributed by atoms with Gasteiger partial charge in [-0.25, -0.2) is 0 Å². The van der Waals surface area contributed by atoms with Gasteiger partial charge in [0, 0.05) is 10.9 Å². The van der Waals surface area contributed by atoms with Crippen LogP contribution in [0.25, 0.3) is 0 Å². The van der Waals surface area contributed by atoms with Crippen molar-refractivity contribution >= 4 is 34.0 Å². The Bertz CT molecular complexity index is 584. The number of halogens is 1. The molecule has 0 fully saturated rings. The SMILES string of the molecule is CC(C)(C)[SiH2]OC(C)(C)c1cc(CBr)ccc1O[Si](C)(C)C(C)(C)C. The van der Waals surface area contributed by atoms with Crippen LogP contribution >= 0.6 is 15.9 Å². The second kappa shape index (κ2) is 7.87. The summed E-state index contributed by atoms with van der Waals surface area (Å²) in [5.41, 5.74) is 2.09. The van der Waals surface area contributed by atoms with Gasteiger partial charge in [-0.3, -0.25) is 0 Å². The van der Waals surface area contributed by atoms with Crippen molar-refractivity contribution in [1.82, 2.24) is 0 Å². The van der Waals surface area contributed by atoms with Crippen LogP contribution in [0.3, 0.4) is 0 Å². The lowest BCUT2D eigenvalue weighted by molar-refractivity contribution is 0.107. The minimum Gasteiger partial charge on any atom is -0.543 e. The molecule has 0 atom stereocenters. The number of rotatable bonds is 6. The molecule has 5 heteroatoms. The van der Waals surface area contributed by atoms with E-state index in [0.717, 1.165) is 11.1 Å². The van der Waals surface area contributed by atoms with E-state index >= 15 is 0 Å². The molecule has 0 aliphatic heterocycles. The number of benzene rings is 1. The Hall–Kier alpha value is -0.106. The van der Waals surface area contributed by atoms with Gasteiger partial charge in [0.15, 0.2) is 9.76 Å². The summed E-state index contributed by atoms with van der Waals surface area (Å²) in [6.45, 7) is 22.6. The fourth-order valence-electron chi connectivity index (χ4n) is 2.12. The molecule has 0 unspecified atom stereocenters. The van der Waals surface area contributed by atoms with Gasteiger partial charge in [0.25, 0.3) is 0 Å². The van der Waals surface area contributed by atoms with Gasteiger partial charge in [-0.15, -0.1) is 0 Å². The normalized spacial score (nSPS) is 14.4. The van der Waals surface area contributed by atoms with E-state index in [9.17, 15) is 0 Å². The fourth-order valence-corrected chi connectivity index (χ4v) is 4.45. The summed E-state index contributed by atoms with van der Waals surface area (Å²) in [5.74, 6) is 0.990. The molecule has 1 rings (SSSR count). The Morgan fingerprint density at radius 2 is 1.56 bits per heavy atom. The summed E-state index contributed by atoms with van der Waals surface area (Å²) < 4.78 is 13.2. The topological polar surface area (TPSA) is 18.5 Å². The monoisotopic (exact) mass is 444 g/mol. The molecular formula is C20H37BrO2Si2. The standard InChI is InChI=1S/C20H37BrO2Si2/c1-18(2,3)24-23-20(7,8)16-13-15(14-21)11-12-17(16)22-25(9,10)19(4,5)6/h11-13H,14,24H2,1-10H3. The molecule has 0 amide bonds. The van der Waals surface area contributed by atoms with Gasteiger partial charge in [-0.1, -0.05) is 63.5 Å². The van der Waals surface area contributed by atoms with Crippen molar-refractivity contribution in [2.75, 3.05) is 0 Å². The Kier molecular flexibility index (Phi) is 7.22. The zero-order valence-electron chi connectivity index (χ0n) is 17.8. The Labute approximate surface area is 167 Å². The van der Waals surface area contributed by atoms with Gasteiger partial charge >= 0.3 is 0 Å². The third-order valence-electron chi connectivity index (χ3n) is 4.88. The second-order valence-corrected chi connectivity index (χ2v) is 18.2. The smallest absolute Gasteiger partial charge is 0.250 e. The van der Waals surface area contributed by atoms with E-state index in [2.05, 4.69) is 103 Å². The van der Waals surface area contributed by atoms with Gasteiger partial charge < -0.3 is 8.85 Å². The third kappa shape index (κ3) is 6.53. The van der Waals surface area contributed by atoms with Crippen molar-refractivity contribution in [3.8, 4) is 5.75 Å². The van der Waals surface area contributed by atoms with E-state index in [1.165, 1.54) is 11.1 Å². The predicted molar refractivity (Wildman–Crippen MR) is 119 cm³/mol. The highest BCUT2D eigenvalue weighted by Gasteiger charge is 2.40. The van der Waals surface area contributed by atoms with Gasteiger partial charge in [-0.2, -0.15) is 0 Å². The lowest BCUT2D eigenvalue weighted by Crippen LogP contribution is -2.44. The Balaban J connectivity index is 3.28. The zero-order chi connectivity index (χ0) is 19.7. The molecule has 144 valence electrons. The first-order valence-electron chi connectivity index (χ1n) is 9.11. The molecule has 0 N–H and O–H groups in total. The molecule has 0 heterocycles. The van der Waals surface area contributed by atoms with Crippen LogP contribution in [0, 0.1) is 0 Å². The van der Waals surface area contributed by atoms with Crippen LogP contribution in [-0.2, 0) is 15.4 Å². The summed E-state index contributed by atoms with van der Waals surface area (Å²) >= 11 is 3.58. The molecule has 0 spiro atoms. The predicted octanol–water partition coefficient (Wildman–Crippen LogP) is 6.52. The maximum Gasteiger partial charge on any atom is 0.250 e. The van der Waals surface area contributed by atoms with E-state index in [0.29, 0.717) is 0 Å². The third-order valence-corrected chi connectivity index (χ3v) is 11.6. The number of alkyl halides is 1. The summed E-state index contributed by atoms with van der Waals surface area (Å²) in [7, 11) is -2.56. The summed E-state index contributed by atoms with van der Waals surface area (Å²) in [6.07, 6.45) is 0. The molecule has 25 heavy (non-hydrogen) atoms. The van der Waals surface area contributed by atoms with Crippen molar-refractivity contribution in [2.45, 2.75) is 89.5 Å². The molecule has 0 aromatic heterocycles. The second-order valence-electron chi connectivity index (χ2n) is 10.2. The van der Waals surface area contributed by atoms with Crippen molar-refractivity contribution in [3.05, 3.63) is 29.3 Å². The van der Waals surface area contributed by atoms with Crippen molar-refractivity contribution in [1.29, 1.82) is 0 Å². The first kappa shape index (κ1) is 22.9. The van der Waals surface area contributed by atoms with Crippen molar-refractivity contribution in [2.24, 2.45) is 0 Å². The van der Waals surface area contributed by atoms with E-state index in [1.807, 2.05) is 0 Å². The van der Waals surface area contributed by atoms with Crippen LogP contribution < -0.4 is 4.43 Å². The van der Waals surface area contributed by atoms with Gasteiger partial charge in [0.1, 0.15) is 5.75 Å². The molecular weight excluding hydrogens is 408 g/mol. The highest BCUT2D eigenvalue weighted by molar-refractivity contribution is 9.08. The average molecular weight is 446 g/mol. The van der Waals surface area contributed by atoms with Crippen LogP contribution in [0.2, 0.25) is 23.2 Å². The largest absolute Gasteiger partial charge is 0.543 e. The van der Waals surface area contributed by atoms with Crippen LogP contribution in [0.5, 0.6) is 5.75 Å². The van der Waals surface area contributed by atoms with E-state index < -0.39 is 18.1 Å². The van der Waals surface area contributed by atoms with Crippen molar-refractivity contribution in [3.63, 3.8) is 0 Å². The highest BCUT2D eigenvalue weighted by atomic mass is 79.9.